The Morgan fingerprint density at radius 2 is 2.42 bits per heavy atom. The zero-order valence-electron chi connectivity index (χ0n) is 6.50. The second kappa shape index (κ2) is 2.82. The van der Waals surface area contributed by atoms with Crippen LogP contribution in [0.25, 0.3) is 11.0 Å². The Kier molecular flexibility index (Phi) is 1.80. The predicted octanol–water partition coefficient (Wildman–Crippen LogP) is 1.68. The van der Waals surface area contributed by atoms with Gasteiger partial charge in [-0.05, 0) is 15.9 Å². The van der Waals surface area contributed by atoms with Crippen molar-refractivity contribution in [1.82, 2.24) is 20.2 Å². The molecule has 0 aliphatic carbocycles. The topological polar surface area (TPSA) is 54.5 Å². The molecule has 1 N–H and O–H groups in total. The van der Waals surface area contributed by atoms with Crippen LogP contribution < -0.4 is 0 Å². The second-order valence-electron chi connectivity index (χ2n) is 2.41. The molecule has 0 saturated heterocycles. The molecule has 0 radical (unpaired) electrons. The molecular weight excluding hydrogens is 220 g/mol. The summed E-state index contributed by atoms with van der Waals surface area (Å²) in [5.74, 6) is 0.838. The van der Waals surface area contributed by atoms with Gasteiger partial charge >= 0.3 is 0 Å². The van der Waals surface area contributed by atoms with E-state index >= 15 is 0 Å². The van der Waals surface area contributed by atoms with E-state index in [1.807, 2.05) is 6.92 Å². The van der Waals surface area contributed by atoms with E-state index in [0.717, 1.165) is 27.9 Å². The van der Waals surface area contributed by atoms with Gasteiger partial charge in [0.25, 0.3) is 0 Å². The Morgan fingerprint density at radius 3 is 3.17 bits per heavy atom. The van der Waals surface area contributed by atoms with E-state index in [2.05, 4.69) is 36.1 Å². The van der Waals surface area contributed by atoms with E-state index in [1.165, 1.54) is 0 Å². The minimum Gasteiger partial charge on any atom is -0.268 e. The first-order chi connectivity index (χ1) is 5.81. The second-order valence-corrected chi connectivity index (χ2v) is 3.20. The number of aromatic amines is 1. The van der Waals surface area contributed by atoms with Crippen LogP contribution in [-0.4, -0.2) is 20.2 Å². The van der Waals surface area contributed by atoms with Crippen LogP contribution in [0.2, 0.25) is 0 Å². The van der Waals surface area contributed by atoms with Crippen molar-refractivity contribution in [3.8, 4) is 0 Å². The first-order valence-corrected chi connectivity index (χ1v) is 4.46. The highest BCUT2D eigenvalue weighted by atomic mass is 79.9. The molecule has 0 aliphatic rings. The smallest absolute Gasteiger partial charge is 0.130 e. The number of nitrogens with zero attached hydrogens (tertiary/aromatic N) is 3. The molecule has 0 bridgehead atoms. The van der Waals surface area contributed by atoms with Crippen molar-refractivity contribution in [3.05, 3.63) is 16.6 Å². The quantitative estimate of drug-likeness (QED) is 0.806. The lowest BCUT2D eigenvalue weighted by molar-refractivity contribution is 0.960. The molecule has 0 saturated carbocycles. The number of H-pyrrole nitrogens is 1. The standard InChI is InChI=1S/C7H7BrN4/c1-2-5-9-3-4-6(10-5)7(8)12-11-4/h3H,2H2,1H3,(H,11,12). The van der Waals surface area contributed by atoms with Crippen LogP contribution in [0.5, 0.6) is 0 Å². The number of aryl methyl sites for hydroxylation is 1. The van der Waals surface area contributed by atoms with Crippen LogP contribution in [0.1, 0.15) is 12.7 Å². The molecule has 4 nitrogen and oxygen atoms in total. The van der Waals surface area contributed by atoms with Crippen molar-refractivity contribution in [2.75, 3.05) is 0 Å². The van der Waals surface area contributed by atoms with Crippen LogP contribution in [0, 0.1) is 0 Å². The fourth-order valence-corrected chi connectivity index (χ4v) is 1.37. The van der Waals surface area contributed by atoms with E-state index in [-0.39, 0.29) is 0 Å². The van der Waals surface area contributed by atoms with Gasteiger partial charge in [0.2, 0.25) is 0 Å². The molecule has 2 aromatic rings. The highest BCUT2D eigenvalue weighted by Gasteiger charge is 2.04. The van der Waals surface area contributed by atoms with E-state index in [9.17, 15) is 0 Å². The summed E-state index contributed by atoms with van der Waals surface area (Å²) in [6.45, 7) is 2.02. The summed E-state index contributed by atoms with van der Waals surface area (Å²) in [7, 11) is 0. The molecule has 2 aromatic heterocycles. The Labute approximate surface area is 77.5 Å². The number of fused-ring (bicyclic) bond motifs is 1. The van der Waals surface area contributed by atoms with Gasteiger partial charge in [0.1, 0.15) is 21.5 Å². The van der Waals surface area contributed by atoms with E-state index in [4.69, 9.17) is 0 Å². The van der Waals surface area contributed by atoms with Gasteiger partial charge in [-0.2, -0.15) is 5.10 Å². The van der Waals surface area contributed by atoms with Crippen molar-refractivity contribution < 1.29 is 0 Å². The van der Waals surface area contributed by atoms with Crippen LogP contribution in [-0.2, 0) is 6.42 Å². The van der Waals surface area contributed by atoms with Gasteiger partial charge < -0.3 is 0 Å². The third-order valence-corrected chi connectivity index (χ3v) is 2.17. The predicted molar refractivity (Wildman–Crippen MR) is 48.8 cm³/mol. The Morgan fingerprint density at radius 1 is 1.58 bits per heavy atom. The molecule has 0 spiro atoms. The fraction of sp³-hybridized carbons (Fsp3) is 0.286. The Hall–Kier alpha value is -0.970. The van der Waals surface area contributed by atoms with Crippen LogP contribution in [0.3, 0.4) is 0 Å². The number of nitrogens with one attached hydrogen (secondary N) is 1. The molecule has 12 heavy (non-hydrogen) atoms. The van der Waals surface area contributed by atoms with Gasteiger partial charge in [-0.15, -0.1) is 0 Å². The third-order valence-electron chi connectivity index (χ3n) is 1.62. The highest BCUT2D eigenvalue weighted by Crippen LogP contribution is 2.17. The lowest BCUT2D eigenvalue weighted by Gasteiger charge is -1.92. The summed E-state index contributed by atoms with van der Waals surface area (Å²) in [5.41, 5.74) is 1.64. The summed E-state index contributed by atoms with van der Waals surface area (Å²) >= 11 is 3.32. The molecular formula is C7H7BrN4. The summed E-state index contributed by atoms with van der Waals surface area (Å²) in [5, 5.41) is 6.79. The summed E-state index contributed by atoms with van der Waals surface area (Å²) < 4.78 is 0.814. The molecule has 2 rings (SSSR count). The van der Waals surface area contributed by atoms with Gasteiger partial charge in [0.15, 0.2) is 0 Å². The average molecular weight is 227 g/mol. The van der Waals surface area contributed by atoms with Gasteiger partial charge in [-0.1, -0.05) is 6.92 Å². The average Bonchev–Trinajstić information content (AvgIpc) is 2.47. The first-order valence-electron chi connectivity index (χ1n) is 3.66. The molecule has 2 heterocycles. The highest BCUT2D eigenvalue weighted by molar-refractivity contribution is 9.10. The van der Waals surface area contributed by atoms with Crippen LogP contribution in [0.4, 0.5) is 0 Å². The number of hydrogen-bond donors (Lipinski definition) is 1. The third kappa shape index (κ3) is 1.10. The first kappa shape index (κ1) is 7.67. The number of rotatable bonds is 1. The van der Waals surface area contributed by atoms with Crippen molar-refractivity contribution in [2.24, 2.45) is 0 Å². The van der Waals surface area contributed by atoms with E-state index < -0.39 is 0 Å². The lowest BCUT2D eigenvalue weighted by Crippen LogP contribution is -1.90. The summed E-state index contributed by atoms with van der Waals surface area (Å²) in [4.78, 5) is 8.43. The van der Waals surface area contributed by atoms with Crippen LogP contribution in [0.15, 0.2) is 10.8 Å². The number of hydrogen-bond acceptors (Lipinski definition) is 3. The minimum absolute atomic E-state index is 0.791. The SMILES string of the molecule is CCc1ncc2n[nH]c(Br)c2n1. The van der Waals surface area contributed by atoms with Gasteiger partial charge in [0.05, 0.1) is 6.20 Å². The Balaban J connectivity index is 2.71. The zero-order valence-corrected chi connectivity index (χ0v) is 8.09. The minimum atomic E-state index is 0.791. The van der Waals surface area contributed by atoms with E-state index in [1.54, 1.807) is 6.20 Å². The Bertz CT molecular complexity index is 409. The van der Waals surface area contributed by atoms with Gasteiger partial charge in [-0.3, -0.25) is 5.10 Å². The molecule has 0 aliphatic heterocycles. The molecule has 62 valence electrons. The largest absolute Gasteiger partial charge is 0.268 e. The monoisotopic (exact) mass is 226 g/mol. The summed E-state index contributed by atoms with van der Waals surface area (Å²) in [6.07, 6.45) is 2.57. The fourth-order valence-electron chi connectivity index (χ4n) is 0.988. The lowest BCUT2D eigenvalue weighted by atomic mass is 10.4. The van der Waals surface area contributed by atoms with Crippen LogP contribution >= 0.6 is 15.9 Å². The zero-order chi connectivity index (χ0) is 8.55. The maximum absolute atomic E-state index is 4.30. The molecule has 0 unspecified atom stereocenters. The van der Waals surface area contributed by atoms with Crippen molar-refractivity contribution in [2.45, 2.75) is 13.3 Å². The molecule has 0 aromatic carbocycles. The van der Waals surface area contributed by atoms with E-state index in [0.29, 0.717) is 0 Å². The number of aromatic nitrogens is 4. The normalized spacial score (nSPS) is 10.8. The van der Waals surface area contributed by atoms with Crippen molar-refractivity contribution >= 4 is 27.0 Å². The van der Waals surface area contributed by atoms with Gasteiger partial charge in [-0.25, -0.2) is 9.97 Å². The molecule has 5 heteroatoms. The molecule has 0 amide bonds. The van der Waals surface area contributed by atoms with Crippen molar-refractivity contribution in [1.29, 1.82) is 0 Å². The number of halogens is 1. The van der Waals surface area contributed by atoms with Gasteiger partial charge in [0, 0.05) is 6.42 Å². The maximum Gasteiger partial charge on any atom is 0.130 e. The maximum atomic E-state index is 4.30. The molecule has 0 fully saturated rings. The summed E-state index contributed by atoms with van der Waals surface area (Å²) in [6, 6.07) is 0. The molecule has 0 atom stereocenters. The van der Waals surface area contributed by atoms with Crippen molar-refractivity contribution in [3.63, 3.8) is 0 Å².